The van der Waals surface area contributed by atoms with E-state index >= 15 is 0 Å². The molecule has 0 bridgehead atoms. The van der Waals surface area contributed by atoms with Crippen LogP contribution in [0.15, 0.2) is 78.9 Å². The summed E-state index contributed by atoms with van der Waals surface area (Å²) in [6.07, 6.45) is 0. The minimum atomic E-state index is 0. The van der Waals surface area contributed by atoms with E-state index in [1.807, 2.05) is 48.5 Å². The molecule has 136 valence electrons. The Kier molecular flexibility index (Phi) is 5.74. The predicted octanol–water partition coefficient (Wildman–Crippen LogP) is 5.11. The quantitative estimate of drug-likeness (QED) is 0.450. The Bertz CT molecular complexity index is 1040. The monoisotopic (exact) mass is 378 g/mol. The molecule has 3 N–H and O–H groups in total. The lowest BCUT2D eigenvalue weighted by Crippen LogP contribution is -2.05. The van der Waals surface area contributed by atoms with Gasteiger partial charge in [0, 0.05) is 23.7 Å². The zero-order chi connectivity index (χ0) is 17.8. The van der Waals surface area contributed by atoms with Crippen LogP contribution in [0.25, 0.3) is 10.9 Å². The first kappa shape index (κ1) is 18.5. The average Bonchev–Trinajstić information content (AvgIpc) is 2.67. The summed E-state index contributed by atoms with van der Waals surface area (Å²) in [7, 11) is 0. The van der Waals surface area contributed by atoms with Crippen LogP contribution in [-0.2, 0) is 6.54 Å². The third kappa shape index (κ3) is 4.46. The van der Waals surface area contributed by atoms with Crippen molar-refractivity contribution < 1.29 is 5.11 Å². The van der Waals surface area contributed by atoms with Crippen molar-refractivity contribution in [2.24, 2.45) is 0 Å². The molecule has 1 aromatic heterocycles. The molecule has 27 heavy (non-hydrogen) atoms. The molecule has 3 aromatic carbocycles. The SMILES string of the molecule is Cl.Oc1cccc(Nc2nc(NCc3ccccc3)c3ccccc3n2)c1. The van der Waals surface area contributed by atoms with Crippen molar-refractivity contribution in [2.75, 3.05) is 10.6 Å². The summed E-state index contributed by atoms with van der Waals surface area (Å²) >= 11 is 0. The summed E-state index contributed by atoms with van der Waals surface area (Å²) < 4.78 is 0. The van der Waals surface area contributed by atoms with Crippen LogP contribution >= 0.6 is 12.4 Å². The Balaban J connectivity index is 0.00000210. The van der Waals surface area contributed by atoms with Gasteiger partial charge in [0.05, 0.1) is 5.52 Å². The molecular formula is C21H19ClN4O. The van der Waals surface area contributed by atoms with Crippen molar-refractivity contribution >= 4 is 40.8 Å². The van der Waals surface area contributed by atoms with Crippen LogP contribution in [0.1, 0.15) is 5.56 Å². The highest BCUT2D eigenvalue weighted by Crippen LogP contribution is 2.25. The number of aromatic hydroxyl groups is 1. The molecule has 0 radical (unpaired) electrons. The van der Waals surface area contributed by atoms with Crippen LogP contribution in [0.3, 0.4) is 0 Å². The molecule has 0 saturated heterocycles. The van der Waals surface area contributed by atoms with E-state index in [9.17, 15) is 5.11 Å². The van der Waals surface area contributed by atoms with Crippen molar-refractivity contribution in [3.8, 4) is 5.75 Å². The minimum Gasteiger partial charge on any atom is -0.508 e. The molecule has 0 fully saturated rings. The van der Waals surface area contributed by atoms with E-state index in [1.54, 1.807) is 18.2 Å². The van der Waals surface area contributed by atoms with Gasteiger partial charge < -0.3 is 15.7 Å². The number of hydrogen-bond donors (Lipinski definition) is 3. The molecule has 0 amide bonds. The maximum atomic E-state index is 9.63. The molecule has 0 spiro atoms. The maximum absolute atomic E-state index is 9.63. The Labute approximate surface area is 163 Å². The highest BCUT2D eigenvalue weighted by molar-refractivity contribution is 5.90. The number of anilines is 3. The van der Waals surface area contributed by atoms with Crippen molar-refractivity contribution in [1.82, 2.24) is 9.97 Å². The van der Waals surface area contributed by atoms with E-state index in [2.05, 4.69) is 32.7 Å². The number of aromatic nitrogens is 2. The summed E-state index contributed by atoms with van der Waals surface area (Å²) in [5.41, 5.74) is 2.76. The fourth-order valence-corrected chi connectivity index (χ4v) is 2.76. The molecule has 1 heterocycles. The van der Waals surface area contributed by atoms with Crippen molar-refractivity contribution in [3.05, 3.63) is 84.4 Å². The van der Waals surface area contributed by atoms with Gasteiger partial charge in [0.15, 0.2) is 0 Å². The summed E-state index contributed by atoms with van der Waals surface area (Å²) in [6, 6.07) is 25.0. The standard InChI is InChI=1S/C21H18N4O.ClH/c26-17-10-6-9-16(13-17)23-21-24-19-12-5-4-11-18(19)20(25-21)22-14-15-7-2-1-3-8-15;/h1-13,26H,14H2,(H2,22,23,24,25);1H. The summed E-state index contributed by atoms with van der Waals surface area (Å²) in [5, 5.41) is 17.2. The van der Waals surface area contributed by atoms with E-state index in [0.717, 1.165) is 22.4 Å². The van der Waals surface area contributed by atoms with Gasteiger partial charge in [0.2, 0.25) is 5.95 Å². The fourth-order valence-electron chi connectivity index (χ4n) is 2.76. The first-order chi connectivity index (χ1) is 12.8. The van der Waals surface area contributed by atoms with Crippen LogP contribution in [-0.4, -0.2) is 15.1 Å². The highest BCUT2D eigenvalue weighted by atomic mass is 35.5. The number of fused-ring (bicyclic) bond motifs is 1. The maximum Gasteiger partial charge on any atom is 0.229 e. The Morgan fingerprint density at radius 1 is 0.815 bits per heavy atom. The smallest absolute Gasteiger partial charge is 0.229 e. The molecule has 0 aliphatic heterocycles. The molecule has 0 unspecified atom stereocenters. The number of benzene rings is 3. The zero-order valence-electron chi connectivity index (χ0n) is 14.5. The number of hydrogen-bond acceptors (Lipinski definition) is 5. The highest BCUT2D eigenvalue weighted by Gasteiger charge is 2.08. The van der Waals surface area contributed by atoms with Gasteiger partial charge in [0.1, 0.15) is 11.6 Å². The van der Waals surface area contributed by atoms with Gasteiger partial charge in [-0.3, -0.25) is 0 Å². The molecule has 0 aliphatic rings. The molecule has 0 aliphatic carbocycles. The lowest BCUT2D eigenvalue weighted by Gasteiger charge is -2.12. The lowest BCUT2D eigenvalue weighted by molar-refractivity contribution is 0.475. The van der Waals surface area contributed by atoms with Crippen molar-refractivity contribution in [1.29, 1.82) is 0 Å². The number of halogens is 1. The Hall–Kier alpha value is -3.31. The van der Waals surface area contributed by atoms with Gasteiger partial charge in [-0.1, -0.05) is 48.5 Å². The molecule has 4 rings (SSSR count). The van der Waals surface area contributed by atoms with E-state index in [-0.39, 0.29) is 18.2 Å². The first-order valence-corrected chi connectivity index (χ1v) is 8.38. The number of nitrogens with zero attached hydrogens (tertiary/aromatic N) is 2. The molecule has 6 heteroatoms. The van der Waals surface area contributed by atoms with E-state index in [4.69, 9.17) is 0 Å². The molecule has 4 aromatic rings. The average molecular weight is 379 g/mol. The van der Waals surface area contributed by atoms with Gasteiger partial charge in [0.25, 0.3) is 0 Å². The van der Waals surface area contributed by atoms with Crippen LogP contribution in [0.5, 0.6) is 5.75 Å². The van der Waals surface area contributed by atoms with Gasteiger partial charge in [-0.15, -0.1) is 12.4 Å². The van der Waals surface area contributed by atoms with Gasteiger partial charge in [-0.2, -0.15) is 4.98 Å². The first-order valence-electron chi connectivity index (χ1n) is 8.38. The van der Waals surface area contributed by atoms with Crippen molar-refractivity contribution in [2.45, 2.75) is 6.54 Å². The van der Waals surface area contributed by atoms with E-state index in [0.29, 0.717) is 12.5 Å². The molecule has 5 nitrogen and oxygen atoms in total. The van der Waals surface area contributed by atoms with Crippen LogP contribution in [0.2, 0.25) is 0 Å². The number of para-hydroxylation sites is 1. The summed E-state index contributed by atoms with van der Waals surface area (Å²) in [5.74, 6) is 1.44. The molecule has 0 saturated carbocycles. The van der Waals surface area contributed by atoms with Gasteiger partial charge in [-0.25, -0.2) is 4.98 Å². The fraction of sp³-hybridized carbons (Fsp3) is 0.0476. The van der Waals surface area contributed by atoms with Crippen LogP contribution in [0.4, 0.5) is 17.5 Å². The van der Waals surface area contributed by atoms with Gasteiger partial charge in [-0.05, 0) is 29.8 Å². The predicted molar refractivity (Wildman–Crippen MR) is 112 cm³/mol. The number of rotatable bonds is 5. The lowest BCUT2D eigenvalue weighted by atomic mass is 10.2. The Morgan fingerprint density at radius 3 is 2.41 bits per heavy atom. The molecular weight excluding hydrogens is 360 g/mol. The largest absolute Gasteiger partial charge is 0.508 e. The summed E-state index contributed by atoms with van der Waals surface area (Å²) in [6.45, 7) is 0.674. The van der Waals surface area contributed by atoms with Crippen LogP contribution in [0, 0.1) is 0 Å². The van der Waals surface area contributed by atoms with Gasteiger partial charge >= 0.3 is 0 Å². The minimum absolute atomic E-state index is 0. The second kappa shape index (κ2) is 8.38. The zero-order valence-corrected chi connectivity index (χ0v) is 15.3. The normalized spacial score (nSPS) is 10.2. The number of nitrogens with one attached hydrogen (secondary N) is 2. The second-order valence-electron chi connectivity index (χ2n) is 5.93. The number of phenols is 1. The van der Waals surface area contributed by atoms with Crippen LogP contribution < -0.4 is 10.6 Å². The number of phenolic OH excluding ortho intramolecular Hbond substituents is 1. The third-order valence-electron chi connectivity index (χ3n) is 4.01. The topological polar surface area (TPSA) is 70.1 Å². The Morgan fingerprint density at radius 2 is 1.59 bits per heavy atom. The summed E-state index contributed by atoms with van der Waals surface area (Å²) in [4.78, 5) is 9.20. The van der Waals surface area contributed by atoms with E-state index in [1.165, 1.54) is 5.56 Å². The second-order valence-corrected chi connectivity index (χ2v) is 5.93. The molecule has 0 atom stereocenters. The van der Waals surface area contributed by atoms with Crippen molar-refractivity contribution in [3.63, 3.8) is 0 Å². The van der Waals surface area contributed by atoms with E-state index < -0.39 is 0 Å². The third-order valence-corrected chi connectivity index (χ3v) is 4.01.